The summed E-state index contributed by atoms with van der Waals surface area (Å²) >= 11 is 5.98. The van der Waals surface area contributed by atoms with E-state index >= 15 is 0 Å². The summed E-state index contributed by atoms with van der Waals surface area (Å²) in [6.45, 7) is 1.59. The minimum atomic E-state index is 0.116. The fourth-order valence-corrected chi connectivity index (χ4v) is 3.39. The van der Waals surface area contributed by atoms with E-state index in [9.17, 15) is 4.79 Å². The standard InChI is InChI=1S/C17H20ClN3O2/c18-12-4-5-14-15(10-12)23-17(20-14)21-8-6-11(7-9-21)16(22)19-13-2-1-3-13/h4-5,10-11,13H,1-3,6-9H2,(H,19,22). The zero-order valence-electron chi connectivity index (χ0n) is 12.9. The maximum atomic E-state index is 12.2. The van der Waals surface area contributed by atoms with E-state index in [-0.39, 0.29) is 11.8 Å². The predicted octanol–water partition coefficient (Wildman–Crippen LogP) is 3.37. The van der Waals surface area contributed by atoms with Crippen molar-refractivity contribution in [3.05, 3.63) is 23.2 Å². The van der Waals surface area contributed by atoms with Crippen LogP contribution in [0.4, 0.5) is 6.01 Å². The van der Waals surface area contributed by atoms with Crippen molar-refractivity contribution in [2.45, 2.75) is 38.1 Å². The quantitative estimate of drug-likeness (QED) is 0.935. The van der Waals surface area contributed by atoms with Crippen LogP contribution in [0.1, 0.15) is 32.1 Å². The highest BCUT2D eigenvalue weighted by Gasteiger charge is 2.29. The van der Waals surface area contributed by atoms with Crippen molar-refractivity contribution in [2.24, 2.45) is 5.92 Å². The number of hydrogen-bond donors (Lipinski definition) is 1. The molecule has 1 saturated heterocycles. The number of hydrogen-bond acceptors (Lipinski definition) is 4. The van der Waals surface area contributed by atoms with Crippen LogP contribution in [0.2, 0.25) is 5.02 Å². The number of nitrogens with one attached hydrogen (secondary N) is 1. The number of fused-ring (bicyclic) bond motifs is 1. The number of aromatic nitrogens is 1. The van der Waals surface area contributed by atoms with Crippen LogP contribution in [0.25, 0.3) is 11.1 Å². The van der Waals surface area contributed by atoms with Gasteiger partial charge in [0, 0.05) is 36.1 Å². The molecule has 1 aromatic heterocycles. The van der Waals surface area contributed by atoms with Crippen molar-refractivity contribution in [1.82, 2.24) is 10.3 Å². The van der Waals surface area contributed by atoms with Crippen LogP contribution < -0.4 is 10.2 Å². The van der Waals surface area contributed by atoms with Crippen LogP contribution in [0.5, 0.6) is 0 Å². The largest absolute Gasteiger partial charge is 0.423 e. The molecular weight excluding hydrogens is 314 g/mol. The molecule has 6 heteroatoms. The Kier molecular flexibility index (Phi) is 3.89. The van der Waals surface area contributed by atoms with E-state index < -0.39 is 0 Å². The van der Waals surface area contributed by atoms with Gasteiger partial charge in [-0.05, 0) is 44.2 Å². The lowest BCUT2D eigenvalue weighted by Gasteiger charge is -2.33. The summed E-state index contributed by atoms with van der Waals surface area (Å²) in [5, 5.41) is 3.80. The van der Waals surface area contributed by atoms with Crippen LogP contribution in [0, 0.1) is 5.92 Å². The van der Waals surface area contributed by atoms with E-state index in [1.165, 1.54) is 6.42 Å². The second kappa shape index (κ2) is 6.04. The highest BCUT2D eigenvalue weighted by atomic mass is 35.5. The van der Waals surface area contributed by atoms with Gasteiger partial charge in [-0.3, -0.25) is 4.79 Å². The molecule has 0 unspecified atom stereocenters. The average Bonchev–Trinajstić information content (AvgIpc) is 2.94. The molecule has 0 radical (unpaired) electrons. The predicted molar refractivity (Wildman–Crippen MR) is 89.7 cm³/mol. The minimum Gasteiger partial charge on any atom is -0.423 e. The summed E-state index contributed by atoms with van der Waals surface area (Å²) in [5.41, 5.74) is 1.52. The monoisotopic (exact) mass is 333 g/mol. The molecule has 2 aromatic rings. The zero-order chi connectivity index (χ0) is 15.8. The Morgan fingerprint density at radius 2 is 2.04 bits per heavy atom. The highest BCUT2D eigenvalue weighted by Crippen LogP contribution is 2.28. The van der Waals surface area contributed by atoms with Crippen molar-refractivity contribution in [3.8, 4) is 0 Å². The first-order valence-corrected chi connectivity index (χ1v) is 8.68. The number of carbonyl (C=O) groups is 1. The van der Waals surface area contributed by atoms with Gasteiger partial charge < -0.3 is 14.6 Å². The molecule has 1 N–H and O–H groups in total. The van der Waals surface area contributed by atoms with Crippen LogP contribution in [0.3, 0.4) is 0 Å². The number of anilines is 1. The second-order valence-corrected chi connectivity index (χ2v) is 6.94. The van der Waals surface area contributed by atoms with Gasteiger partial charge >= 0.3 is 0 Å². The van der Waals surface area contributed by atoms with E-state index in [0.717, 1.165) is 44.3 Å². The number of oxazole rings is 1. The summed E-state index contributed by atoms with van der Waals surface area (Å²) in [7, 11) is 0. The SMILES string of the molecule is O=C(NC1CCC1)C1CCN(c2nc3ccc(Cl)cc3o2)CC1. The van der Waals surface area contributed by atoms with E-state index in [2.05, 4.69) is 15.2 Å². The Morgan fingerprint density at radius 3 is 2.74 bits per heavy atom. The lowest BCUT2D eigenvalue weighted by molar-refractivity contribution is -0.126. The molecule has 1 aromatic carbocycles. The van der Waals surface area contributed by atoms with Gasteiger partial charge in [0.1, 0.15) is 5.52 Å². The summed E-state index contributed by atoms with van der Waals surface area (Å²) in [5.74, 6) is 0.337. The highest BCUT2D eigenvalue weighted by molar-refractivity contribution is 6.31. The van der Waals surface area contributed by atoms with E-state index in [1.807, 2.05) is 12.1 Å². The zero-order valence-corrected chi connectivity index (χ0v) is 13.7. The van der Waals surface area contributed by atoms with Gasteiger partial charge in [-0.2, -0.15) is 4.98 Å². The molecule has 1 aliphatic heterocycles. The molecule has 2 fully saturated rings. The number of halogens is 1. The Balaban J connectivity index is 1.39. The van der Waals surface area contributed by atoms with Gasteiger partial charge in [0.25, 0.3) is 6.01 Å². The van der Waals surface area contributed by atoms with Gasteiger partial charge in [0.05, 0.1) is 0 Å². The molecule has 0 bridgehead atoms. The maximum absolute atomic E-state index is 12.2. The normalized spacial score (nSPS) is 19.8. The number of piperidine rings is 1. The summed E-state index contributed by atoms with van der Waals surface area (Å²) in [6.07, 6.45) is 5.20. The maximum Gasteiger partial charge on any atom is 0.298 e. The van der Waals surface area contributed by atoms with Crippen molar-refractivity contribution in [1.29, 1.82) is 0 Å². The second-order valence-electron chi connectivity index (χ2n) is 6.51. The van der Waals surface area contributed by atoms with E-state index in [4.69, 9.17) is 16.0 Å². The molecule has 0 atom stereocenters. The molecule has 0 spiro atoms. The molecule has 1 aliphatic carbocycles. The van der Waals surface area contributed by atoms with Gasteiger partial charge in [0.2, 0.25) is 5.91 Å². The molecule has 2 aliphatic rings. The molecule has 4 rings (SSSR count). The number of nitrogens with zero attached hydrogens (tertiary/aromatic N) is 2. The van der Waals surface area contributed by atoms with Gasteiger partial charge in [-0.15, -0.1) is 0 Å². The van der Waals surface area contributed by atoms with Crippen LogP contribution >= 0.6 is 11.6 Å². The Hall–Kier alpha value is -1.75. The third kappa shape index (κ3) is 3.02. The molecular formula is C17H20ClN3O2. The fourth-order valence-electron chi connectivity index (χ4n) is 3.23. The van der Waals surface area contributed by atoms with Crippen LogP contribution in [-0.2, 0) is 4.79 Å². The first kappa shape index (κ1) is 14.8. The number of amides is 1. The van der Waals surface area contributed by atoms with Crippen molar-refractivity contribution >= 4 is 34.6 Å². The van der Waals surface area contributed by atoms with E-state index in [0.29, 0.717) is 22.7 Å². The third-order valence-electron chi connectivity index (χ3n) is 4.93. The lowest BCUT2D eigenvalue weighted by Crippen LogP contribution is -2.46. The molecule has 122 valence electrons. The molecule has 1 saturated carbocycles. The first-order chi connectivity index (χ1) is 11.2. The van der Waals surface area contributed by atoms with E-state index in [1.54, 1.807) is 6.07 Å². The number of benzene rings is 1. The molecule has 23 heavy (non-hydrogen) atoms. The molecule has 5 nitrogen and oxygen atoms in total. The Labute approximate surface area is 140 Å². The van der Waals surface area contributed by atoms with Gasteiger partial charge in [0.15, 0.2) is 5.58 Å². The van der Waals surface area contributed by atoms with Crippen molar-refractivity contribution < 1.29 is 9.21 Å². The van der Waals surface area contributed by atoms with Gasteiger partial charge in [-0.1, -0.05) is 11.6 Å². The topological polar surface area (TPSA) is 58.4 Å². The lowest BCUT2D eigenvalue weighted by atomic mass is 9.90. The Bertz CT molecular complexity index is 718. The van der Waals surface area contributed by atoms with Crippen LogP contribution in [0.15, 0.2) is 22.6 Å². The van der Waals surface area contributed by atoms with Crippen molar-refractivity contribution in [3.63, 3.8) is 0 Å². The number of rotatable bonds is 3. The average molecular weight is 334 g/mol. The third-order valence-corrected chi connectivity index (χ3v) is 5.16. The summed E-state index contributed by atoms with van der Waals surface area (Å²) < 4.78 is 5.80. The fraction of sp³-hybridized carbons (Fsp3) is 0.529. The molecule has 2 heterocycles. The van der Waals surface area contributed by atoms with Crippen molar-refractivity contribution in [2.75, 3.05) is 18.0 Å². The smallest absolute Gasteiger partial charge is 0.298 e. The molecule has 1 amide bonds. The summed E-state index contributed by atoms with van der Waals surface area (Å²) in [4.78, 5) is 18.9. The van der Waals surface area contributed by atoms with Crippen LogP contribution in [-0.4, -0.2) is 30.0 Å². The Morgan fingerprint density at radius 1 is 1.26 bits per heavy atom. The summed E-state index contributed by atoms with van der Waals surface area (Å²) in [6, 6.07) is 6.51. The number of carbonyl (C=O) groups excluding carboxylic acids is 1. The minimum absolute atomic E-state index is 0.116. The van der Waals surface area contributed by atoms with Gasteiger partial charge in [-0.25, -0.2) is 0 Å². The first-order valence-electron chi connectivity index (χ1n) is 8.30.